The molecule has 0 bridgehead atoms. The zero-order chi connectivity index (χ0) is 22.3. The largest absolute Gasteiger partial charge is 0.480 e. The zero-order valence-corrected chi connectivity index (χ0v) is 18.0. The van der Waals surface area contributed by atoms with Gasteiger partial charge in [-0.25, -0.2) is 4.79 Å². The maximum absolute atomic E-state index is 12.7. The van der Waals surface area contributed by atoms with Gasteiger partial charge in [0.05, 0.1) is 0 Å². The van der Waals surface area contributed by atoms with Crippen LogP contribution in [-0.4, -0.2) is 40.9 Å². The molecule has 2 amide bonds. The van der Waals surface area contributed by atoms with Crippen LogP contribution in [-0.2, 0) is 9.59 Å². The average molecular weight is 411 g/mol. The number of carboxylic acid groups (broad SMARTS) is 1. The normalized spacial score (nSPS) is 11.8. The first kappa shape index (κ1) is 23.1. The van der Waals surface area contributed by atoms with E-state index >= 15 is 0 Å². The highest BCUT2D eigenvalue weighted by Gasteiger charge is 2.29. The van der Waals surface area contributed by atoms with Crippen LogP contribution in [0.2, 0.25) is 0 Å². The lowest BCUT2D eigenvalue weighted by atomic mass is 10.0. The van der Waals surface area contributed by atoms with E-state index in [0.717, 1.165) is 29.7 Å². The van der Waals surface area contributed by atoms with Crippen LogP contribution < -0.4 is 5.32 Å². The lowest BCUT2D eigenvalue weighted by Crippen LogP contribution is -2.45. The molecule has 6 heteroatoms. The molecule has 0 aliphatic carbocycles. The number of benzene rings is 2. The molecule has 2 aromatic rings. The second kappa shape index (κ2) is 10.6. The lowest BCUT2D eigenvalue weighted by molar-refractivity contribution is -0.143. The fourth-order valence-electron chi connectivity index (χ4n) is 3.34. The summed E-state index contributed by atoms with van der Waals surface area (Å²) in [5.74, 6) is -1.53. The second-order valence-corrected chi connectivity index (χ2v) is 7.75. The van der Waals surface area contributed by atoms with Gasteiger partial charge in [0, 0.05) is 24.7 Å². The van der Waals surface area contributed by atoms with E-state index < -0.39 is 12.0 Å². The maximum Gasteiger partial charge on any atom is 0.326 e. The summed E-state index contributed by atoms with van der Waals surface area (Å²) >= 11 is 0. The molecule has 160 valence electrons. The number of carbonyl (C=O) groups excluding carboxylic acids is 2. The second-order valence-electron chi connectivity index (χ2n) is 7.75. The van der Waals surface area contributed by atoms with Crippen molar-refractivity contribution in [2.24, 2.45) is 5.92 Å². The number of nitrogens with one attached hydrogen (secondary N) is 1. The van der Waals surface area contributed by atoms with Crippen LogP contribution in [0.1, 0.15) is 50.4 Å². The van der Waals surface area contributed by atoms with Gasteiger partial charge in [-0.05, 0) is 47.7 Å². The first-order valence-electron chi connectivity index (χ1n) is 10.2. The molecule has 0 spiro atoms. The molecule has 0 aromatic heterocycles. The number of carboxylic acids is 1. The molecule has 30 heavy (non-hydrogen) atoms. The van der Waals surface area contributed by atoms with Gasteiger partial charge in [-0.2, -0.15) is 0 Å². The van der Waals surface area contributed by atoms with Gasteiger partial charge >= 0.3 is 5.97 Å². The van der Waals surface area contributed by atoms with Crippen molar-refractivity contribution in [1.29, 1.82) is 0 Å². The van der Waals surface area contributed by atoms with Crippen LogP contribution in [0.25, 0.3) is 11.1 Å². The fourth-order valence-corrected chi connectivity index (χ4v) is 3.34. The maximum atomic E-state index is 12.7. The SMILES string of the molecule is CCCCC(=O)Nc1ccc(-c2ccc(C(=O)N(C)[C@H](C(=O)O)C(C)C)cc2)cc1. The summed E-state index contributed by atoms with van der Waals surface area (Å²) in [6, 6.07) is 13.7. The van der Waals surface area contributed by atoms with Crippen LogP contribution in [0.3, 0.4) is 0 Å². The summed E-state index contributed by atoms with van der Waals surface area (Å²) < 4.78 is 0. The van der Waals surface area contributed by atoms with Crippen LogP contribution >= 0.6 is 0 Å². The average Bonchev–Trinajstić information content (AvgIpc) is 2.72. The van der Waals surface area contributed by atoms with Crippen molar-refractivity contribution >= 4 is 23.5 Å². The Morgan fingerprint density at radius 3 is 1.97 bits per heavy atom. The molecule has 0 radical (unpaired) electrons. The number of nitrogens with zero attached hydrogens (tertiary/aromatic N) is 1. The minimum atomic E-state index is -1.01. The Labute approximate surface area is 177 Å². The Morgan fingerprint density at radius 2 is 1.50 bits per heavy atom. The van der Waals surface area contributed by atoms with Crippen molar-refractivity contribution in [2.45, 2.75) is 46.1 Å². The molecular weight excluding hydrogens is 380 g/mol. The summed E-state index contributed by atoms with van der Waals surface area (Å²) in [6.45, 7) is 5.61. The van der Waals surface area contributed by atoms with Gasteiger partial charge in [0.15, 0.2) is 0 Å². The number of likely N-dealkylation sites (N-methyl/N-ethyl adjacent to an activating group) is 1. The Morgan fingerprint density at radius 1 is 0.967 bits per heavy atom. The molecule has 0 heterocycles. The highest BCUT2D eigenvalue weighted by molar-refractivity contribution is 5.97. The van der Waals surface area contributed by atoms with E-state index in [9.17, 15) is 19.5 Å². The predicted octanol–water partition coefficient (Wildman–Crippen LogP) is 4.66. The Balaban J connectivity index is 2.09. The van der Waals surface area contributed by atoms with E-state index in [1.165, 1.54) is 11.9 Å². The molecule has 2 aromatic carbocycles. The fraction of sp³-hybridized carbons (Fsp3) is 0.375. The number of rotatable bonds is 9. The van der Waals surface area contributed by atoms with E-state index in [1.54, 1.807) is 26.0 Å². The third kappa shape index (κ3) is 5.92. The molecule has 6 nitrogen and oxygen atoms in total. The molecule has 2 rings (SSSR count). The van der Waals surface area contributed by atoms with Crippen molar-refractivity contribution in [1.82, 2.24) is 4.90 Å². The van der Waals surface area contributed by atoms with Gasteiger partial charge < -0.3 is 15.3 Å². The van der Waals surface area contributed by atoms with E-state index in [4.69, 9.17) is 0 Å². The summed E-state index contributed by atoms with van der Waals surface area (Å²) in [4.78, 5) is 37.3. The lowest BCUT2D eigenvalue weighted by Gasteiger charge is -2.27. The van der Waals surface area contributed by atoms with Crippen molar-refractivity contribution in [3.05, 3.63) is 54.1 Å². The number of amides is 2. The summed E-state index contributed by atoms with van der Waals surface area (Å²) in [6.07, 6.45) is 2.37. The number of aliphatic carboxylic acids is 1. The predicted molar refractivity (Wildman–Crippen MR) is 118 cm³/mol. The molecule has 0 aliphatic heterocycles. The molecule has 0 saturated carbocycles. The highest BCUT2D eigenvalue weighted by Crippen LogP contribution is 2.23. The number of unbranched alkanes of at least 4 members (excludes halogenated alkanes) is 1. The molecule has 0 saturated heterocycles. The van der Waals surface area contributed by atoms with Crippen molar-refractivity contribution < 1.29 is 19.5 Å². The minimum Gasteiger partial charge on any atom is -0.480 e. The standard InChI is InChI=1S/C24H30N2O4/c1-5-6-7-21(27)25-20-14-12-18(13-15-20)17-8-10-19(11-9-17)23(28)26(4)22(16(2)3)24(29)30/h8-16,22H,5-7H2,1-4H3,(H,25,27)(H,29,30)/t22-/m0/s1. The molecular formula is C24H30N2O4. The highest BCUT2D eigenvalue weighted by atomic mass is 16.4. The first-order chi connectivity index (χ1) is 14.2. The topological polar surface area (TPSA) is 86.7 Å². The monoisotopic (exact) mass is 410 g/mol. The van der Waals surface area contributed by atoms with Gasteiger partial charge in [0.2, 0.25) is 5.91 Å². The van der Waals surface area contributed by atoms with Crippen LogP contribution in [0.5, 0.6) is 0 Å². The summed E-state index contributed by atoms with van der Waals surface area (Å²) in [5, 5.41) is 12.3. The molecule has 0 aliphatic rings. The quantitative estimate of drug-likeness (QED) is 0.629. The van der Waals surface area contributed by atoms with E-state index in [1.807, 2.05) is 43.3 Å². The molecule has 1 atom stereocenters. The van der Waals surface area contributed by atoms with Crippen LogP contribution in [0, 0.1) is 5.92 Å². The van der Waals surface area contributed by atoms with Crippen molar-refractivity contribution in [2.75, 3.05) is 12.4 Å². The number of carbonyl (C=O) groups is 3. The number of hydrogen-bond donors (Lipinski definition) is 2. The van der Waals surface area contributed by atoms with E-state index in [-0.39, 0.29) is 17.7 Å². The van der Waals surface area contributed by atoms with Gasteiger partial charge in [-0.15, -0.1) is 0 Å². The molecule has 0 fully saturated rings. The van der Waals surface area contributed by atoms with Crippen LogP contribution in [0.15, 0.2) is 48.5 Å². The molecule has 0 unspecified atom stereocenters. The minimum absolute atomic E-state index is 0.0117. The van der Waals surface area contributed by atoms with Crippen LogP contribution in [0.4, 0.5) is 5.69 Å². The summed E-state index contributed by atoms with van der Waals surface area (Å²) in [7, 11) is 1.52. The smallest absolute Gasteiger partial charge is 0.326 e. The number of hydrogen-bond acceptors (Lipinski definition) is 3. The van der Waals surface area contributed by atoms with Gasteiger partial charge in [-0.1, -0.05) is 51.5 Å². The van der Waals surface area contributed by atoms with E-state index in [0.29, 0.717) is 12.0 Å². The first-order valence-corrected chi connectivity index (χ1v) is 10.2. The van der Waals surface area contributed by atoms with Gasteiger partial charge in [-0.3, -0.25) is 9.59 Å². The van der Waals surface area contributed by atoms with E-state index in [2.05, 4.69) is 5.32 Å². The van der Waals surface area contributed by atoms with Crippen molar-refractivity contribution in [3.8, 4) is 11.1 Å². The Bertz CT molecular complexity index is 873. The van der Waals surface area contributed by atoms with Gasteiger partial charge in [0.1, 0.15) is 6.04 Å². The summed E-state index contributed by atoms with van der Waals surface area (Å²) in [5.41, 5.74) is 3.07. The van der Waals surface area contributed by atoms with Gasteiger partial charge in [0.25, 0.3) is 5.91 Å². The Kier molecular flexibility index (Phi) is 8.16. The third-order valence-corrected chi connectivity index (χ3v) is 5.01. The Hall–Kier alpha value is -3.15. The zero-order valence-electron chi connectivity index (χ0n) is 18.0. The molecule has 2 N–H and O–H groups in total. The third-order valence-electron chi connectivity index (χ3n) is 5.01. The van der Waals surface area contributed by atoms with Crippen molar-refractivity contribution in [3.63, 3.8) is 0 Å². The number of anilines is 1.